The van der Waals surface area contributed by atoms with Gasteiger partial charge in [0.15, 0.2) is 0 Å². The van der Waals surface area contributed by atoms with Gasteiger partial charge in [0.25, 0.3) is 11.8 Å². The minimum atomic E-state index is -0.649. The lowest BCUT2D eigenvalue weighted by molar-refractivity contribution is 0.0930. The highest BCUT2D eigenvalue weighted by atomic mass is 16.5. The minimum Gasteiger partial charge on any atom is -0.379 e. The van der Waals surface area contributed by atoms with Crippen molar-refractivity contribution in [2.75, 3.05) is 13.2 Å². The smallest absolute Gasteiger partial charge is 0.267 e. The zero-order chi connectivity index (χ0) is 12.3. The van der Waals surface area contributed by atoms with E-state index in [2.05, 4.69) is 10.3 Å². The van der Waals surface area contributed by atoms with Crippen LogP contribution in [0.4, 0.5) is 0 Å². The third-order valence-corrected chi connectivity index (χ3v) is 2.54. The van der Waals surface area contributed by atoms with Crippen LogP contribution in [0.3, 0.4) is 0 Å². The number of amides is 2. The first-order valence-corrected chi connectivity index (χ1v) is 5.31. The number of pyridine rings is 1. The maximum atomic E-state index is 11.8. The Hall–Kier alpha value is -1.95. The molecule has 0 aromatic carbocycles. The molecule has 0 spiro atoms. The molecule has 1 aliphatic rings. The molecule has 1 aromatic rings. The number of rotatable bonds is 3. The van der Waals surface area contributed by atoms with Gasteiger partial charge in [-0.2, -0.15) is 0 Å². The van der Waals surface area contributed by atoms with Crippen LogP contribution in [0.15, 0.2) is 18.3 Å². The van der Waals surface area contributed by atoms with Gasteiger partial charge in [-0.3, -0.25) is 14.6 Å². The fourth-order valence-corrected chi connectivity index (χ4v) is 1.62. The van der Waals surface area contributed by atoms with E-state index in [1.165, 1.54) is 18.3 Å². The lowest BCUT2D eigenvalue weighted by Gasteiger charge is -2.10. The topological polar surface area (TPSA) is 94.3 Å². The van der Waals surface area contributed by atoms with Gasteiger partial charge in [0.2, 0.25) is 0 Å². The van der Waals surface area contributed by atoms with Crippen molar-refractivity contribution in [1.82, 2.24) is 10.3 Å². The number of hydrogen-bond acceptors (Lipinski definition) is 4. The normalized spacial score (nSPS) is 18.9. The number of nitrogens with two attached hydrogens (primary N) is 1. The molecule has 17 heavy (non-hydrogen) atoms. The highest BCUT2D eigenvalue weighted by molar-refractivity contribution is 5.98. The van der Waals surface area contributed by atoms with Crippen LogP contribution in [-0.4, -0.2) is 36.1 Å². The zero-order valence-corrected chi connectivity index (χ0v) is 9.18. The lowest BCUT2D eigenvalue weighted by Crippen LogP contribution is -2.35. The molecule has 0 saturated carbocycles. The quantitative estimate of drug-likeness (QED) is 0.752. The molecule has 1 fully saturated rings. The molecule has 90 valence electrons. The number of primary amides is 1. The third kappa shape index (κ3) is 2.79. The molecule has 1 saturated heterocycles. The molecular formula is C11H13N3O3. The standard InChI is InChI=1S/C11H13N3O3/c12-10(15)9-5-7(1-3-13-9)11(16)14-8-2-4-17-6-8/h1,3,5,8H,2,4,6H2,(H2,12,15)(H,14,16). The Morgan fingerprint density at radius 3 is 3.00 bits per heavy atom. The largest absolute Gasteiger partial charge is 0.379 e. The molecular weight excluding hydrogens is 222 g/mol. The number of aromatic nitrogens is 1. The SMILES string of the molecule is NC(=O)c1cc(C(=O)NC2CCOC2)ccn1. The maximum Gasteiger partial charge on any atom is 0.267 e. The summed E-state index contributed by atoms with van der Waals surface area (Å²) in [6.07, 6.45) is 2.19. The van der Waals surface area contributed by atoms with Crippen LogP contribution in [0.25, 0.3) is 0 Å². The molecule has 0 radical (unpaired) electrons. The molecule has 1 atom stereocenters. The maximum absolute atomic E-state index is 11.8. The Morgan fingerprint density at radius 1 is 1.53 bits per heavy atom. The first kappa shape index (κ1) is 11.5. The number of carbonyl (C=O) groups excluding carboxylic acids is 2. The summed E-state index contributed by atoms with van der Waals surface area (Å²) in [6, 6.07) is 2.96. The molecule has 3 N–H and O–H groups in total. The van der Waals surface area contributed by atoms with E-state index in [0.717, 1.165) is 6.42 Å². The molecule has 2 amide bonds. The van der Waals surface area contributed by atoms with Gasteiger partial charge in [-0.25, -0.2) is 0 Å². The van der Waals surface area contributed by atoms with Crippen molar-refractivity contribution in [2.24, 2.45) is 5.73 Å². The summed E-state index contributed by atoms with van der Waals surface area (Å²) in [7, 11) is 0. The molecule has 0 aliphatic carbocycles. The van der Waals surface area contributed by atoms with Crippen molar-refractivity contribution in [3.05, 3.63) is 29.6 Å². The van der Waals surface area contributed by atoms with Gasteiger partial charge in [0.05, 0.1) is 12.6 Å². The molecule has 1 aliphatic heterocycles. The van der Waals surface area contributed by atoms with Crippen LogP contribution in [0.1, 0.15) is 27.3 Å². The van der Waals surface area contributed by atoms with Crippen LogP contribution < -0.4 is 11.1 Å². The summed E-state index contributed by atoms with van der Waals surface area (Å²) < 4.78 is 5.15. The summed E-state index contributed by atoms with van der Waals surface area (Å²) in [6.45, 7) is 1.19. The van der Waals surface area contributed by atoms with Crippen molar-refractivity contribution in [1.29, 1.82) is 0 Å². The molecule has 1 aromatic heterocycles. The Bertz CT molecular complexity index is 441. The highest BCUT2D eigenvalue weighted by Crippen LogP contribution is 2.06. The van der Waals surface area contributed by atoms with Crippen LogP contribution in [0.5, 0.6) is 0 Å². The van der Waals surface area contributed by atoms with Crippen LogP contribution in [0.2, 0.25) is 0 Å². The lowest BCUT2D eigenvalue weighted by atomic mass is 10.2. The highest BCUT2D eigenvalue weighted by Gasteiger charge is 2.19. The zero-order valence-electron chi connectivity index (χ0n) is 9.18. The van der Waals surface area contributed by atoms with E-state index in [4.69, 9.17) is 10.5 Å². The Morgan fingerprint density at radius 2 is 2.35 bits per heavy atom. The van der Waals surface area contributed by atoms with Crippen molar-refractivity contribution >= 4 is 11.8 Å². The minimum absolute atomic E-state index is 0.0349. The third-order valence-electron chi connectivity index (χ3n) is 2.54. The van der Waals surface area contributed by atoms with Gasteiger partial charge in [-0.1, -0.05) is 0 Å². The summed E-state index contributed by atoms with van der Waals surface area (Å²) in [5, 5.41) is 2.82. The van der Waals surface area contributed by atoms with Gasteiger partial charge in [-0.05, 0) is 18.6 Å². The van der Waals surface area contributed by atoms with Crippen molar-refractivity contribution < 1.29 is 14.3 Å². The first-order chi connectivity index (χ1) is 8.16. The van der Waals surface area contributed by atoms with Gasteiger partial charge in [0, 0.05) is 18.4 Å². The van der Waals surface area contributed by atoms with Gasteiger partial charge < -0.3 is 15.8 Å². The van der Waals surface area contributed by atoms with Gasteiger partial charge in [0.1, 0.15) is 5.69 Å². The average Bonchev–Trinajstić information content (AvgIpc) is 2.82. The second-order valence-electron chi connectivity index (χ2n) is 3.83. The van der Waals surface area contributed by atoms with E-state index >= 15 is 0 Å². The summed E-state index contributed by atoms with van der Waals surface area (Å²) >= 11 is 0. The number of nitrogens with zero attached hydrogens (tertiary/aromatic N) is 1. The number of carbonyl (C=O) groups is 2. The second kappa shape index (κ2) is 4.92. The number of ether oxygens (including phenoxy) is 1. The van der Waals surface area contributed by atoms with E-state index in [9.17, 15) is 9.59 Å². The molecule has 6 heteroatoms. The van der Waals surface area contributed by atoms with E-state index in [1.54, 1.807) is 0 Å². The average molecular weight is 235 g/mol. The molecule has 6 nitrogen and oxygen atoms in total. The van der Waals surface area contributed by atoms with Crippen LogP contribution in [0, 0.1) is 0 Å². The molecule has 2 heterocycles. The van der Waals surface area contributed by atoms with Gasteiger partial charge in [-0.15, -0.1) is 0 Å². The van der Waals surface area contributed by atoms with E-state index in [0.29, 0.717) is 18.8 Å². The predicted molar refractivity (Wildman–Crippen MR) is 59.4 cm³/mol. The van der Waals surface area contributed by atoms with Crippen LogP contribution in [-0.2, 0) is 4.74 Å². The van der Waals surface area contributed by atoms with E-state index in [1.807, 2.05) is 0 Å². The Kier molecular flexibility index (Phi) is 3.34. The van der Waals surface area contributed by atoms with Crippen LogP contribution >= 0.6 is 0 Å². The number of nitrogens with one attached hydrogen (secondary N) is 1. The fourth-order valence-electron chi connectivity index (χ4n) is 1.62. The van der Waals surface area contributed by atoms with Crippen molar-refractivity contribution in [2.45, 2.75) is 12.5 Å². The fraction of sp³-hybridized carbons (Fsp3) is 0.364. The molecule has 2 rings (SSSR count). The molecule has 1 unspecified atom stereocenters. The predicted octanol–water partition coefficient (Wildman–Crippen LogP) is -0.301. The summed E-state index contributed by atoms with van der Waals surface area (Å²) in [5.41, 5.74) is 5.55. The Balaban J connectivity index is 2.07. The number of hydrogen-bond donors (Lipinski definition) is 2. The monoisotopic (exact) mass is 235 g/mol. The first-order valence-electron chi connectivity index (χ1n) is 5.31. The second-order valence-corrected chi connectivity index (χ2v) is 3.83. The summed E-state index contributed by atoms with van der Waals surface area (Å²) in [4.78, 5) is 26.5. The summed E-state index contributed by atoms with van der Waals surface area (Å²) in [5.74, 6) is -0.894. The Labute approximate surface area is 98.2 Å². The van der Waals surface area contributed by atoms with Crippen molar-refractivity contribution in [3.8, 4) is 0 Å². The van der Waals surface area contributed by atoms with E-state index in [-0.39, 0.29) is 17.6 Å². The van der Waals surface area contributed by atoms with Gasteiger partial charge >= 0.3 is 0 Å². The molecule has 0 bridgehead atoms. The van der Waals surface area contributed by atoms with Crippen molar-refractivity contribution in [3.63, 3.8) is 0 Å². The van der Waals surface area contributed by atoms with E-state index < -0.39 is 5.91 Å².